The number of nitrogens with zero attached hydrogens (tertiary/aromatic N) is 3. The Bertz CT molecular complexity index is 369. The van der Waals surface area contributed by atoms with Gasteiger partial charge in [-0.1, -0.05) is 0 Å². The number of ether oxygens (including phenoxy) is 1. The SMILES string of the molecule is CC(C)(C)N=NC(C)(C#N)COC(=O)C(C)(C)C. The smallest absolute Gasteiger partial charge is 0.311 e. The zero-order chi connectivity index (χ0) is 14.6. The van der Waals surface area contributed by atoms with E-state index in [0.29, 0.717) is 0 Å². The lowest BCUT2D eigenvalue weighted by molar-refractivity contribution is -0.154. The van der Waals surface area contributed by atoms with E-state index in [4.69, 9.17) is 10.00 Å². The molecule has 0 aromatic heterocycles. The number of azo groups is 1. The van der Waals surface area contributed by atoms with E-state index in [1.54, 1.807) is 27.7 Å². The predicted octanol–water partition coefficient (Wildman–Crippen LogP) is 3.11. The number of hydrogen-bond acceptors (Lipinski definition) is 5. The van der Waals surface area contributed by atoms with Crippen LogP contribution in [0.2, 0.25) is 0 Å². The van der Waals surface area contributed by atoms with E-state index in [1.165, 1.54) is 0 Å². The van der Waals surface area contributed by atoms with Crippen molar-refractivity contribution in [3.8, 4) is 6.07 Å². The van der Waals surface area contributed by atoms with Gasteiger partial charge in [-0.25, -0.2) is 0 Å². The predicted molar refractivity (Wildman–Crippen MR) is 69.0 cm³/mol. The molecule has 0 aliphatic rings. The second-order valence-electron chi connectivity index (χ2n) is 6.58. The third-order valence-electron chi connectivity index (χ3n) is 1.91. The summed E-state index contributed by atoms with van der Waals surface area (Å²) in [5, 5.41) is 17.1. The summed E-state index contributed by atoms with van der Waals surface area (Å²) < 4.78 is 5.11. The molecule has 0 heterocycles. The zero-order valence-corrected chi connectivity index (χ0v) is 12.4. The Morgan fingerprint density at radius 2 is 1.61 bits per heavy atom. The van der Waals surface area contributed by atoms with Gasteiger partial charge in [-0.05, 0) is 48.5 Å². The molecular weight excluding hydrogens is 230 g/mol. The lowest BCUT2D eigenvalue weighted by Gasteiger charge is -2.21. The summed E-state index contributed by atoms with van der Waals surface area (Å²) in [6.45, 7) is 12.4. The summed E-state index contributed by atoms with van der Waals surface area (Å²) in [5.74, 6) is -0.352. The Balaban J connectivity index is 4.67. The first-order chi connectivity index (χ1) is 7.90. The lowest BCUT2D eigenvalue weighted by Crippen LogP contribution is -2.32. The van der Waals surface area contributed by atoms with Crippen LogP contribution in [0.3, 0.4) is 0 Å². The summed E-state index contributed by atoms with van der Waals surface area (Å²) >= 11 is 0. The summed E-state index contributed by atoms with van der Waals surface area (Å²) in [6.07, 6.45) is 0. The number of carbonyl (C=O) groups excluding carboxylic acids is 1. The van der Waals surface area contributed by atoms with E-state index in [2.05, 4.69) is 10.2 Å². The molecule has 0 spiro atoms. The molecule has 0 aliphatic heterocycles. The molecule has 5 nitrogen and oxygen atoms in total. The monoisotopic (exact) mass is 253 g/mol. The van der Waals surface area contributed by atoms with E-state index >= 15 is 0 Å². The molecule has 0 aromatic rings. The van der Waals surface area contributed by atoms with Crippen molar-refractivity contribution in [2.24, 2.45) is 15.6 Å². The fourth-order valence-electron chi connectivity index (χ4n) is 0.766. The standard InChI is InChI=1S/C13H23N3O2/c1-11(2,3)10(17)18-9-13(7,8-14)16-15-12(4,5)6/h9H2,1-7H3. The Morgan fingerprint density at radius 1 is 1.11 bits per heavy atom. The van der Waals surface area contributed by atoms with Crippen LogP contribution in [0.25, 0.3) is 0 Å². The van der Waals surface area contributed by atoms with Crippen LogP contribution in [0.4, 0.5) is 0 Å². The molecule has 0 fully saturated rings. The van der Waals surface area contributed by atoms with Crippen molar-refractivity contribution in [1.82, 2.24) is 0 Å². The summed E-state index contributed by atoms with van der Waals surface area (Å²) in [7, 11) is 0. The fraction of sp³-hybridized carbons (Fsp3) is 0.846. The first kappa shape index (κ1) is 16.6. The second-order valence-corrected chi connectivity index (χ2v) is 6.58. The minimum atomic E-state index is -1.13. The molecule has 0 radical (unpaired) electrons. The van der Waals surface area contributed by atoms with E-state index < -0.39 is 11.0 Å². The highest BCUT2D eigenvalue weighted by Gasteiger charge is 2.30. The van der Waals surface area contributed by atoms with Crippen LogP contribution in [-0.4, -0.2) is 23.7 Å². The average Bonchev–Trinajstić information content (AvgIpc) is 2.21. The van der Waals surface area contributed by atoms with Gasteiger partial charge in [0.25, 0.3) is 0 Å². The molecule has 0 saturated heterocycles. The highest BCUT2D eigenvalue weighted by molar-refractivity contribution is 5.75. The highest BCUT2D eigenvalue weighted by atomic mass is 16.5. The molecule has 0 rings (SSSR count). The minimum Gasteiger partial charge on any atom is -0.461 e. The van der Waals surface area contributed by atoms with E-state index in [1.807, 2.05) is 26.8 Å². The van der Waals surface area contributed by atoms with Gasteiger partial charge < -0.3 is 4.74 Å². The van der Waals surface area contributed by atoms with Gasteiger partial charge in [0.15, 0.2) is 5.54 Å². The van der Waals surface area contributed by atoms with E-state index in [9.17, 15) is 4.79 Å². The summed E-state index contributed by atoms with van der Waals surface area (Å²) in [4.78, 5) is 11.6. The van der Waals surface area contributed by atoms with Gasteiger partial charge >= 0.3 is 5.97 Å². The number of rotatable bonds is 3. The molecule has 1 atom stereocenters. The van der Waals surface area contributed by atoms with Crippen molar-refractivity contribution in [2.75, 3.05) is 6.61 Å². The van der Waals surface area contributed by atoms with Crippen LogP contribution in [-0.2, 0) is 9.53 Å². The maximum absolute atomic E-state index is 11.6. The van der Waals surface area contributed by atoms with Crippen LogP contribution in [0, 0.1) is 16.7 Å². The van der Waals surface area contributed by atoms with E-state index in [0.717, 1.165) is 0 Å². The quantitative estimate of drug-likeness (QED) is 0.573. The molecule has 5 heteroatoms. The fourth-order valence-corrected chi connectivity index (χ4v) is 0.766. The largest absolute Gasteiger partial charge is 0.461 e. The van der Waals surface area contributed by atoms with Crippen LogP contribution in [0.1, 0.15) is 48.5 Å². The zero-order valence-electron chi connectivity index (χ0n) is 12.4. The third-order valence-corrected chi connectivity index (χ3v) is 1.91. The lowest BCUT2D eigenvalue weighted by atomic mass is 9.97. The molecule has 0 N–H and O–H groups in total. The Morgan fingerprint density at radius 3 is 1.94 bits per heavy atom. The Kier molecular flexibility index (Phi) is 5.03. The molecule has 0 amide bonds. The number of esters is 1. The minimum absolute atomic E-state index is 0.0841. The van der Waals surface area contributed by atoms with Gasteiger partial charge in [0.2, 0.25) is 0 Å². The molecule has 0 aliphatic carbocycles. The number of nitriles is 1. The molecule has 0 aromatic carbocycles. The Labute approximate surface area is 109 Å². The highest BCUT2D eigenvalue weighted by Crippen LogP contribution is 2.19. The molecule has 0 saturated carbocycles. The van der Waals surface area contributed by atoms with Gasteiger partial charge in [0.1, 0.15) is 6.61 Å². The molecule has 1 unspecified atom stereocenters. The van der Waals surface area contributed by atoms with E-state index in [-0.39, 0.29) is 18.1 Å². The van der Waals surface area contributed by atoms with Crippen LogP contribution in [0.5, 0.6) is 0 Å². The number of carbonyl (C=O) groups is 1. The van der Waals surface area contributed by atoms with Crippen molar-refractivity contribution < 1.29 is 9.53 Å². The van der Waals surface area contributed by atoms with Gasteiger partial charge in [-0.15, -0.1) is 0 Å². The van der Waals surface area contributed by atoms with Gasteiger partial charge in [0, 0.05) is 0 Å². The Hall–Kier alpha value is -1.44. The molecule has 18 heavy (non-hydrogen) atoms. The van der Waals surface area contributed by atoms with Crippen molar-refractivity contribution >= 4 is 5.97 Å². The van der Waals surface area contributed by atoms with Gasteiger partial charge in [0.05, 0.1) is 17.0 Å². The van der Waals surface area contributed by atoms with Crippen LogP contribution in [0.15, 0.2) is 10.2 Å². The van der Waals surface area contributed by atoms with Crippen molar-refractivity contribution in [1.29, 1.82) is 5.26 Å². The second kappa shape index (κ2) is 5.47. The van der Waals surface area contributed by atoms with Crippen molar-refractivity contribution in [3.05, 3.63) is 0 Å². The van der Waals surface area contributed by atoms with Gasteiger partial charge in [-0.3, -0.25) is 4.79 Å². The van der Waals surface area contributed by atoms with Crippen LogP contribution >= 0.6 is 0 Å². The first-order valence-electron chi connectivity index (χ1n) is 5.92. The third kappa shape index (κ3) is 6.33. The number of hydrogen-bond donors (Lipinski definition) is 0. The van der Waals surface area contributed by atoms with Crippen molar-refractivity contribution in [3.63, 3.8) is 0 Å². The molecule has 0 bridgehead atoms. The first-order valence-corrected chi connectivity index (χ1v) is 5.92. The van der Waals surface area contributed by atoms with Crippen LogP contribution < -0.4 is 0 Å². The summed E-state index contributed by atoms with van der Waals surface area (Å²) in [6, 6.07) is 2.02. The maximum atomic E-state index is 11.6. The van der Waals surface area contributed by atoms with Crippen molar-refractivity contribution in [2.45, 2.75) is 59.5 Å². The topological polar surface area (TPSA) is 74.8 Å². The summed E-state index contributed by atoms with van der Waals surface area (Å²) in [5.41, 5.74) is -2.07. The maximum Gasteiger partial charge on any atom is 0.311 e. The molecule has 102 valence electrons. The molecular formula is C13H23N3O2. The van der Waals surface area contributed by atoms with Gasteiger partial charge in [-0.2, -0.15) is 15.5 Å². The average molecular weight is 253 g/mol. The normalized spacial score (nSPS) is 16.1.